The maximum absolute atomic E-state index is 11.5. The molecule has 0 amide bonds. The maximum atomic E-state index is 11.5. The van der Waals surface area contributed by atoms with Crippen LogP contribution in [0, 0.1) is 0 Å². The fourth-order valence-corrected chi connectivity index (χ4v) is 2.60. The van der Waals surface area contributed by atoms with Gasteiger partial charge in [0, 0.05) is 12.5 Å². The molecule has 0 unspecified atom stereocenters. The number of rotatable bonds is 2. The Bertz CT molecular complexity index is 664. The number of halogens is 1. The van der Waals surface area contributed by atoms with Gasteiger partial charge in [0.15, 0.2) is 9.84 Å². The van der Waals surface area contributed by atoms with E-state index in [2.05, 4.69) is 21.0 Å². The smallest absolute Gasteiger partial charge is 0.177 e. The molecule has 7 heteroatoms. The van der Waals surface area contributed by atoms with Gasteiger partial charge < -0.3 is 5.73 Å². The first kappa shape index (κ1) is 12.1. The molecule has 0 saturated heterocycles. The van der Waals surface area contributed by atoms with Crippen molar-refractivity contribution < 1.29 is 8.42 Å². The van der Waals surface area contributed by atoms with Crippen LogP contribution in [0.25, 0.3) is 5.69 Å². The van der Waals surface area contributed by atoms with E-state index >= 15 is 0 Å². The zero-order valence-electron chi connectivity index (χ0n) is 8.96. The van der Waals surface area contributed by atoms with Crippen LogP contribution in [0.4, 0.5) is 5.69 Å². The average Bonchev–Trinajstić information content (AvgIpc) is 2.63. The SMILES string of the molecule is CS(=O)(=O)c1cccc(-n2cc(Br)cn2)c1N. The van der Waals surface area contributed by atoms with Crippen LogP contribution in [0.15, 0.2) is 40.0 Å². The third kappa shape index (κ3) is 2.34. The standard InChI is InChI=1S/C10H10BrN3O2S/c1-17(15,16)9-4-2-3-8(10(9)12)14-6-7(11)5-13-14/h2-6H,12H2,1H3. The molecule has 0 bridgehead atoms. The van der Waals surface area contributed by atoms with Crippen molar-refractivity contribution in [3.8, 4) is 5.69 Å². The molecule has 1 heterocycles. The number of anilines is 1. The van der Waals surface area contributed by atoms with E-state index < -0.39 is 9.84 Å². The van der Waals surface area contributed by atoms with E-state index in [1.165, 1.54) is 10.7 Å². The predicted octanol–water partition coefficient (Wildman–Crippen LogP) is 1.62. The molecule has 17 heavy (non-hydrogen) atoms. The third-order valence-corrected chi connectivity index (χ3v) is 3.80. The van der Waals surface area contributed by atoms with Crippen LogP contribution in [0.2, 0.25) is 0 Å². The normalized spacial score (nSPS) is 11.6. The number of nitrogen functional groups attached to an aromatic ring is 1. The Hall–Kier alpha value is -1.34. The summed E-state index contributed by atoms with van der Waals surface area (Å²) in [5, 5.41) is 4.06. The van der Waals surface area contributed by atoms with E-state index in [4.69, 9.17) is 5.73 Å². The zero-order valence-corrected chi connectivity index (χ0v) is 11.4. The van der Waals surface area contributed by atoms with Crippen molar-refractivity contribution in [1.82, 2.24) is 9.78 Å². The molecule has 0 radical (unpaired) electrons. The zero-order chi connectivity index (χ0) is 12.6. The second kappa shape index (κ2) is 4.15. The van der Waals surface area contributed by atoms with Crippen molar-refractivity contribution in [2.75, 3.05) is 12.0 Å². The van der Waals surface area contributed by atoms with Gasteiger partial charge in [0.2, 0.25) is 0 Å². The lowest BCUT2D eigenvalue weighted by molar-refractivity contribution is 0.602. The monoisotopic (exact) mass is 315 g/mol. The molecule has 0 atom stereocenters. The number of hydrogen-bond donors (Lipinski definition) is 1. The number of hydrogen-bond acceptors (Lipinski definition) is 4. The quantitative estimate of drug-likeness (QED) is 0.854. The average molecular weight is 316 g/mol. The molecular formula is C10H10BrN3O2S. The van der Waals surface area contributed by atoms with Crippen LogP contribution >= 0.6 is 15.9 Å². The molecule has 90 valence electrons. The summed E-state index contributed by atoms with van der Waals surface area (Å²) in [6.07, 6.45) is 4.44. The summed E-state index contributed by atoms with van der Waals surface area (Å²) in [4.78, 5) is 0.113. The van der Waals surface area contributed by atoms with Gasteiger partial charge in [-0.1, -0.05) is 6.07 Å². The number of nitrogens with two attached hydrogens (primary N) is 1. The van der Waals surface area contributed by atoms with Gasteiger partial charge in [-0.15, -0.1) is 0 Å². The van der Waals surface area contributed by atoms with Gasteiger partial charge in [-0.3, -0.25) is 0 Å². The Labute approximate surface area is 107 Å². The predicted molar refractivity (Wildman–Crippen MR) is 68.8 cm³/mol. The van der Waals surface area contributed by atoms with E-state index in [1.54, 1.807) is 24.5 Å². The first-order valence-electron chi connectivity index (χ1n) is 4.68. The highest BCUT2D eigenvalue weighted by molar-refractivity contribution is 9.10. The minimum absolute atomic E-state index is 0.113. The Morgan fingerprint density at radius 3 is 2.65 bits per heavy atom. The third-order valence-electron chi connectivity index (χ3n) is 2.24. The van der Waals surface area contributed by atoms with Crippen molar-refractivity contribution in [3.63, 3.8) is 0 Å². The summed E-state index contributed by atoms with van der Waals surface area (Å²) >= 11 is 3.27. The van der Waals surface area contributed by atoms with Crippen LogP contribution in [-0.2, 0) is 9.84 Å². The molecule has 0 aliphatic carbocycles. The summed E-state index contributed by atoms with van der Waals surface area (Å²) in [7, 11) is -3.34. The summed E-state index contributed by atoms with van der Waals surface area (Å²) in [5.41, 5.74) is 6.60. The Morgan fingerprint density at radius 1 is 1.41 bits per heavy atom. The van der Waals surface area contributed by atoms with Crippen molar-refractivity contribution in [1.29, 1.82) is 0 Å². The van der Waals surface area contributed by atoms with Crippen LogP contribution in [0.3, 0.4) is 0 Å². The van der Waals surface area contributed by atoms with E-state index in [1.807, 2.05) is 0 Å². The van der Waals surface area contributed by atoms with Gasteiger partial charge in [-0.25, -0.2) is 13.1 Å². The lowest BCUT2D eigenvalue weighted by atomic mass is 10.3. The molecule has 0 aliphatic rings. The molecular weight excluding hydrogens is 306 g/mol. The van der Waals surface area contributed by atoms with Gasteiger partial charge in [-0.05, 0) is 28.1 Å². The summed E-state index contributed by atoms with van der Waals surface area (Å²) in [6, 6.07) is 4.83. The number of benzene rings is 1. The van der Waals surface area contributed by atoms with Crippen LogP contribution < -0.4 is 5.73 Å². The van der Waals surface area contributed by atoms with Crippen LogP contribution in [-0.4, -0.2) is 24.5 Å². The second-order valence-corrected chi connectivity index (χ2v) is 6.46. The van der Waals surface area contributed by atoms with E-state index in [0.717, 1.165) is 10.7 Å². The topological polar surface area (TPSA) is 78.0 Å². The second-order valence-electron chi connectivity index (χ2n) is 3.56. The van der Waals surface area contributed by atoms with Crippen molar-refractivity contribution in [2.45, 2.75) is 4.90 Å². The van der Waals surface area contributed by atoms with Gasteiger partial charge >= 0.3 is 0 Å². The number of nitrogens with zero attached hydrogens (tertiary/aromatic N) is 2. The largest absolute Gasteiger partial charge is 0.396 e. The van der Waals surface area contributed by atoms with E-state index in [9.17, 15) is 8.42 Å². The number of para-hydroxylation sites is 1. The molecule has 0 spiro atoms. The van der Waals surface area contributed by atoms with Crippen LogP contribution in [0.5, 0.6) is 0 Å². The molecule has 0 fully saturated rings. The molecule has 0 saturated carbocycles. The first-order chi connectivity index (χ1) is 7.89. The summed E-state index contributed by atoms with van der Waals surface area (Å²) in [6.45, 7) is 0. The Morgan fingerprint density at radius 2 is 2.12 bits per heavy atom. The van der Waals surface area contributed by atoms with Crippen molar-refractivity contribution in [2.24, 2.45) is 0 Å². The summed E-state index contributed by atoms with van der Waals surface area (Å²) in [5.74, 6) is 0. The van der Waals surface area contributed by atoms with E-state index in [0.29, 0.717) is 5.69 Å². The van der Waals surface area contributed by atoms with Crippen LogP contribution in [0.1, 0.15) is 0 Å². The van der Waals surface area contributed by atoms with Crippen molar-refractivity contribution in [3.05, 3.63) is 35.1 Å². The highest BCUT2D eigenvalue weighted by Gasteiger charge is 2.15. The summed E-state index contributed by atoms with van der Waals surface area (Å²) < 4.78 is 25.4. The Balaban J connectivity index is 2.65. The Kier molecular flexibility index (Phi) is 2.96. The molecule has 5 nitrogen and oxygen atoms in total. The fourth-order valence-electron chi connectivity index (χ4n) is 1.49. The fraction of sp³-hybridized carbons (Fsp3) is 0.100. The molecule has 2 N–H and O–H groups in total. The minimum atomic E-state index is -3.34. The minimum Gasteiger partial charge on any atom is -0.396 e. The highest BCUT2D eigenvalue weighted by atomic mass is 79.9. The van der Waals surface area contributed by atoms with Gasteiger partial charge in [0.05, 0.1) is 26.9 Å². The molecule has 2 rings (SSSR count). The molecule has 1 aromatic carbocycles. The maximum Gasteiger partial charge on any atom is 0.177 e. The highest BCUT2D eigenvalue weighted by Crippen LogP contribution is 2.25. The lowest BCUT2D eigenvalue weighted by Gasteiger charge is -2.09. The number of aromatic nitrogens is 2. The number of sulfone groups is 1. The molecule has 0 aliphatic heterocycles. The van der Waals surface area contributed by atoms with Crippen molar-refractivity contribution >= 4 is 31.5 Å². The molecule has 1 aromatic heterocycles. The molecule has 2 aromatic rings. The van der Waals surface area contributed by atoms with Gasteiger partial charge in [0.25, 0.3) is 0 Å². The van der Waals surface area contributed by atoms with E-state index in [-0.39, 0.29) is 10.6 Å². The van der Waals surface area contributed by atoms with Gasteiger partial charge in [0.1, 0.15) is 0 Å². The lowest BCUT2D eigenvalue weighted by Crippen LogP contribution is -2.07. The first-order valence-corrected chi connectivity index (χ1v) is 7.37. The van der Waals surface area contributed by atoms with Gasteiger partial charge in [-0.2, -0.15) is 5.10 Å².